The van der Waals surface area contributed by atoms with Crippen molar-refractivity contribution in [2.24, 2.45) is 11.8 Å². The lowest BCUT2D eigenvalue weighted by molar-refractivity contribution is 0.111. The molecular weight excluding hydrogens is 370 g/mol. The van der Waals surface area contributed by atoms with Crippen LogP contribution >= 0.6 is 11.3 Å². The molecule has 3 heterocycles. The van der Waals surface area contributed by atoms with Crippen molar-refractivity contribution < 1.29 is 13.9 Å². The largest absolute Gasteiger partial charge is 0.492 e. The van der Waals surface area contributed by atoms with Crippen LogP contribution in [0.5, 0.6) is 5.88 Å². The first-order valence-electron chi connectivity index (χ1n) is 9.07. The highest BCUT2D eigenvalue weighted by molar-refractivity contribution is 7.17. The van der Waals surface area contributed by atoms with Crippen LogP contribution in [0.1, 0.15) is 42.6 Å². The van der Waals surface area contributed by atoms with Gasteiger partial charge in [-0.15, -0.1) is 5.10 Å². The van der Waals surface area contributed by atoms with Gasteiger partial charge in [0.25, 0.3) is 0 Å². The van der Waals surface area contributed by atoms with Gasteiger partial charge in [0.1, 0.15) is 5.82 Å². The van der Waals surface area contributed by atoms with E-state index in [1.54, 1.807) is 13.0 Å². The monoisotopic (exact) mass is 392 g/mol. The maximum Gasteiger partial charge on any atom is 0.230 e. The van der Waals surface area contributed by atoms with Crippen LogP contribution in [0.25, 0.3) is 4.96 Å². The van der Waals surface area contributed by atoms with Crippen LogP contribution in [0, 0.1) is 30.4 Å². The molecule has 0 unspecified atom stereocenters. The second kappa shape index (κ2) is 6.83. The average molecular weight is 392 g/mol. The molecule has 1 aliphatic heterocycles. The van der Waals surface area contributed by atoms with Crippen molar-refractivity contribution in [3.05, 3.63) is 46.1 Å². The van der Waals surface area contributed by atoms with Crippen molar-refractivity contribution in [2.75, 3.05) is 13.1 Å². The smallest absolute Gasteiger partial charge is 0.230 e. The summed E-state index contributed by atoms with van der Waals surface area (Å²) in [5.41, 5.74) is 0.617. The highest BCUT2D eigenvalue weighted by atomic mass is 32.1. The molecule has 144 valence electrons. The summed E-state index contributed by atoms with van der Waals surface area (Å²) in [6.45, 7) is 7.79. The minimum absolute atomic E-state index is 0.0104. The Bertz CT molecular complexity index is 976. The molecule has 3 atom stereocenters. The molecular formula is C19H22F2N4OS. The van der Waals surface area contributed by atoms with E-state index >= 15 is 0 Å². The first-order valence-corrected chi connectivity index (χ1v) is 9.89. The third-order valence-corrected chi connectivity index (χ3v) is 6.15. The van der Waals surface area contributed by atoms with E-state index < -0.39 is 11.6 Å². The SMILES string of the molecule is Cc1nc2sc([C@H](c3ccc(F)c(F)c3)N3C[C@H](C)C[C@H](C)C3)c(O)n2n1. The number of thiazole rings is 1. The molecule has 0 aliphatic carbocycles. The molecule has 0 bridgehead atoms. The molecule has 0 spiro atoms. The van der Waals surface area contributed by atoms with Crippen LogP contribution < -0.4 is 0 Å². The number of aryl methyl sites for hydroxylation is 1. The second-order valence-corrected chi connectivity index (χ2v) is 8.63. The van der Waals surface area contributed by atoms with Crippen LogP contribution in [0.3, 0.4) is 0 Å². The third-order valence-electron chi connectivity index (χ3n) is 5.08. The quantitative estimate of drug-likeness (QED) is 0.728. The number of benzene rings is 1. The standard InChI is InChI=1S/C19H22F2N4OS/c1-10-6-11(2)9-24(8-10)16(13-4-5-14(20)15(21)7-13)17-18(26)25-19(27-17)22-12(3)23-25/h4-5,7,10-11,16,26H,6,8-9H2,1-3H3/t10-,11+,16-/m0/s1. The van der Waals surface area contributed by atoms with Gasteiger partial charge in [0.15, 0.2) is 11.6 Å². The number of aromatic nitrogens is 3. The zero-order chi connectivity index (χ0) is 19.3. The lowest BCUT2D eigenvalue weighted by Crippen LogP contribution is -2.41. The van der Waals surface area contributed by atoms with Crippen molar-refractivity contribution >= 4 is 16.3 Å². The summed E-state index contributed by atoms with van der Waals surface area (Å²) in [7, 11) is 0. The number of hydrogen-bond donors (Lipinski definition) is 1. The van der Waals surface area contributed by atoms with Gasteiger partial charge >= 0.3 is 0 Å². The lowest BCUT2D eigenvalue weighted by atomic mass is 9.89. The maximum absolute atomic E-state index is 14.0. The van der Waals surface area contributed by atoms with E-state index in [4.69, 9.17) is 0 Å². The van der Waals surface area contributed by atoms with Gasteiger partial charge in [-0.2, -0.15) is 4.52 Å². The number of halogens is 2. The zero-order valence-electron chi connectivity index (χ0n) is 15.5. The Hall–Kier alpha value is -2.06. The van der Waals surface area contributed by atoms with Crippen LogP contribution in [0.4, 0.5) is 8.78 Å². The van der Waals surface area contributed by atoms with E-state index in [2.05, 4.69) is 28.8 Å². The summed E-state index contributed by atoms with van der Waals surface area (Å²) in [5, 5.41) is 15.0. The fourth-order valence-electron chi connectivity index (χ4n) is 4.16. The average Bonchev–Trinajstić information content (AvgIpc) is 3.08. The summed E-state index contributed by atoms with van der Waals surface area (Å²) in [6.07, 6.45) is 1.13. The van der Waals surface area contributed by atoms with Crippen LogP contribution in [0.15, 0.2) is 18.2 Å². The predicted molar refractivity (Wildman–Crippen MR) is 100.0 cm³/mol. The molecule has 5 nitrogen and oxygen atoms in total. The molecule has 0 radical (unpaired) electrons. The number of piperidine rings is 1. The van der Waals surface area contributed by atoms with E-state index in [1.165, 1.54) is 21.9 Å². The highest BCUT2D eigenvalue weighted by Crippen LogP contribution is 2.42. The van der Waals surface area contributed by atoms with E-state index in [-0.39, 0.29) is 11.9 Å². The molecule has 1 saturated heterocycles. The third kappa shape index (κ3) is 3.32. The number of aromatic hydroxyl groups is 1. The topological polar surface area (TPSA) is 53.7 Å². The summed E-state index contributed by atoms with van der Waals surface area (Å²) >= 11 is 1.34. The normalized spacial score (nSPS) is 22.4. The minimum Gasteiger partial charge on any atom is -0.492 e. The van der Waals surface area contributed by atoms with Crippen LogP contribution in [0.2, 0.25) is 0 Å². The van der Waals surface area contributed by atoms with Gasteiger partial charge in [-0.05, 0) is 42.9 Å². The molecule has 8 heteroatoms. The summed E-state index contributed by atoms with van der Waals surface area (Å²) in [6, 6.07) is 3.59. The Morgan fingerprint density at radius 2 is 1.89 bits per heavy atom. The van der Waals surface area contributed by atoms with Crippen LogP contribution in [-0.4, -0.2) is 37.7 Å². The minimum atomic E-state index is -0.884. The van der Waals surface area contributed by atoms with Gasteiger partial charge in [-0.25, -0.2) is 13.8 Å². The van der Waals surface area contributed by atoms with Crippen molar-refractivity contribution in [2.45, 2.75) is 33.2 Å². The summed E-state index contributed by atoms with van der Waals surface area (Å²) < 4.78 is 28.9. The van der Waals surface area contributed by atoms with Gasteiger partial charge < -0.3 is 5.11 Å². The molecule has 4 rings (SSSR count). The van der Waals surface area contributed by atoms with Crippen molar-refractivity contribution in [1.29, 1.82) is 0 Å². The Labute approximate surface area is 160 Å². The van der Waals surface area contributed by atoms with Gasteiger partial charge in [-0.1, -0.05) is 31.3 Å². The lowest BCUT2D eigenvalue weighted by Gasteiger charge is -2.40. The van der Waals surface area contributed by atoms with Crippen molar-refractivity contribution in [3.63, 3.8) is 0 Å². The molecule has 1 fully saturated rings. The summed E-state index contributed by atoms with van der Waals surface area (Å²) in [5.74, 6) is -0.212. The van der Waals surface area contributed by atoms with Gasteiger partial charge in [0.05, 0.1) is 10.9 Å². The Morgan fingerprint density at radius 3 is 2.52 bits per heavy atom. The number of likely N-dealkylation sites (tertiary alicyclic amines) is 1. The van der Waals surface area contributed by atoms with E-state index in [0.29, 0.717) is 33.1 Å². The zero-order valence-corrected chi connectivity index (χ0v) is 16.3. The number of nitrogens with zero attached hydrogens (tertiary/aromatic N) is 4. The molecule has 3 aromatic rings. The van der Waals surface area contributed by atoms with E-state index in [9.17, 15) is 13.9 Å². The maximum atomic E-state index is 14.0. The first-order chi connectivity index (χ1) is 12.8. The molecule has 1 aliphatic rings. The Kier molecular flexibility index (Phi) is 4.63. The number of rotatable bonds is 3. The number of hydrogen-bond acceptors (Lipinski definition) is 5. The molecule has 27 heavy (non-hydrogen) atoms. The van der Waals surface area contributed by atoms with E-state index in [0.717, 1.165) is 25.6 Å². The van der Waals surface area contributed by atoms with Gasteiger partial charge in [0, 0.05) is 13.1 Å². The molecule has 0 amide bonds. The highest BCUT2D eigenvalue weighted by Gasteiger charge is 2.34. The molecule has 2 aromatic heterocycles. The van der Waals surface area contributed by atoms with Crippen molar-refractivity contribution in [3.8, 4) is 5.88 Å². The Balaban J connectivity index is 1.85. The Morgan fingerprint density at radius 1 is 1.19 bits per heavy atom. The summed E-state index contributed by atoms with van der Waals surface area (Å²) in [4.78, 5) is 7.81. The molecule has 0 saturated carbocycles. The van der Waals surface area contributed by atoms with Gasteiger partial charge in [0.2, 0.25) is 10.8 Å². The van der Waals surface area contributed by atoms with Gasteiger partial charge in [-0.3, -0.25) is 4.90 Å². The molecule has 1 N–H and O–H groups in total. The fourth-order valence-corrected chi connectivity index (χ4v) is 5.32. The second-order valence-electron chi connectivity index (χ2n) is 7.62. The number of fused-ring (bicyclic) bond motifs is 1. The van der Waals surface area contributed by atoms with Crippen molar-refractivity contribution in [1.82, 2.24) is 19.5 Å². The predicted octanol–water partition coefficient (Wildman–Crippen LogP) is 4.15. The first kappa shape index (κ1) is 18.3. The van der Waals surface area contributed by atoms with E-state index in [1.807, 2.05) is 0 Å². The fraction of sp³-hybridized carbons (Fsp3) is 0.474. The molecule has 1 aromatic carbocycles. The van der Waals surface area contributed by atoms with Crippen LogP contribution in [-0.2, 0) is 0 Å².